The quantitative estimate of drug-likeness (QED) is 0.309. The number of anilines is 2. The summed E-state index contributed by atoms with van der Waals surface area (Å²) in [4.78, 5) is -0.0696. The molecule has 0 fully saturated rings. The number of hydrogen-bond donors (Lipinski definition) is 2. The van der Waals surface area contributed by atoms with Crippen molar-refractivity contribution in [2.75, 3.05) is 10.0 Å². The molecule has 0 aromatic heterocycles. The smallest absolute Gasteiger partial charge is 0.378 e. The molecule has 0 unspecified atom stereocenters. The summed E-state index contributed by atoms with van der Waals surface area (Å²) >= 11 is 18.6. The van der Waals surface area contributed by atoms with Crippen LogP contribution in [0.3, 0.4) is 0 Å². The molecule has 3 aromatic carbocycles. The lowest BCUT2D eigenvalue weighted by Gasteiger charge is -2.38. The first-order valence-corrected chi connectivity index (χ1v) is 13.5. The van der Waals surface area contributed by atoms with Crippen LogP contribution in [0.1, 0.15) is 35.1 Å². The summed E-state index contributed by atoms with van der Waals surface area (Å²) in [6.45, 7) is 0. The monoisotopic (exact) mass is 572 g/mol. The lowest BCUT2D eigenvalue weighted by molar-refractivity contribution is -0.137. The van der Waals surface area contributed by atoms with Crippen LogP contribution >= 0.6 is 34.8 Å². The van der Waals surface area contributed by atoms with Gasteiger partial charge in [0.1, 0.15) is 0 Å². The highest BCUT2D eigenvalue weighted by Gasteiger charge is 2.40. The first-order valence-electron chi connectivity index (χ1n) is 10.9. The van der Waals surface area contributed by atoms with E-state index in [-0.39, 0.29) is 28.5 Å². The minimum atomic E-state index is -4.72. The first kappa shape index (κ1) is 25.3. The molecular weight excluding hydrogens is 556 g/mol. The van der Waals surface area contributed by atoms with Gasteiger partial charge in [-0.15, -0.1) is 0 Å². The fraction of sp³-hybridized carbons (Fsp3) is 0.200. The summed E-state index contributed by atoms with van der Waals surface area (Å²) in [7, 11) is -4.18. The van der Waals surface area contributed by atoms with Crippen molar-refractivity contribution < 1.29 is 21.6 Å². The number of alkyl halides is 3. The predicted octanol–water partition coefficient (Wildman–Crippen LogP) is 8.29. The first-order chi connectivity index (χ1) is 17.0. The summed E-state index contributed by atoms with van der Waals surface area (Å²) in [5.74, 6) is -0.0486. The second kappa shape index (κ2) is 9.17. The second-order valence-electron chi connectivity index (χ2n) is 8.66. The molecule has 0 bridgehead atoms. The maximum atomic E-state index is 13.2. The Morgan fingerprint density at radius 1 is 0.944 bits per heavy atom. The summed E-state index contributed by atoms with van der Waals surface area (Å²) in [5, 5.41) is 4.03. The largest absolute Gasteiger partial charge is 0.417 e. The van der Waals surface area contributed by atoms with Crippen LogP contribution in [0.15, 0.2) is 71.6 Å². The van der Waals surface area contributed by atoms with E-state index >= 15 is 0 Å². The van der Waals surface area contributed by atoms with Crippen LogP contribution in [0.5, 0.6) is 0 Å². The molecule has 2 N–H and O–H groups in total. The van der Waals surface area contributed by atoms with Gasteiger partial charge in [-0.1, -0.05) is 53.0 Å². The van der Waals surface area contributed by atoms with Crippen molar-refractivity contribution in [3.05, 3.63) is 98.5 Å². The van der Waals surface area contributed by atoms with Crippen molar-refractivity contribution in [2.24, 2.45) is 5.92 Å². The molecule has 3 aromatic rings. The maximum absolute atomic E-state index is 13.2. The number of nitrogens with one attached hydrogen (secondary N) is 2. The normalized spacial score (nSPS) is 21.0. The number of fused-ring (bicyclic) bond motifs is 3. The lowest BCUT2D eigenvalue weighted by atomic mass is 9.77. The zero-order valence-electron chi connectivity index (χ0n) is 18.3. The summed E-state index contributed by atoms with van der Waals surface area (Å²) in [6.07, 6.45) is 0.0842. The molecule has 36 heavy (non-hydrogen) atoms. The van der Waals surface area contributed by atoms with Gasteiger partial charge in [-0.3, -0.25) is 4.72 Å². The van der Waals surface area contributed by atoms with Crippen molar-refractivity contribution in [1.29, 1.82) is 0 Å². The molecule has 0 saturated heterocycles. The Bertz CT molecular complexity index is 1470. The molecule has 11 heteroatoms. The molecule has 0 saturated carbocycles. The van der Waals surface area contributed by atoms with Crippen LogP contribution in [0.4, 0.5) is 24.5 Å². The molecular formula is C25H18Cl3F3N2O2S. The van der Waals surface area contributed by atoms with E-state index in [4.69, 9.17) is 34.8 Å². The van der Waals surface area contributed by atoms with Crippen LogP contribution in [-0.2, 0) is 16.2 Å². The zero-order chi connectivity index (χ0) is 25.8. The lowest BCUT2D eigenvalue weighted by Crippen LogP contribution is -2.29. The van der Waals surface area contributed by atoms with E-state index in [1.807, 2.05) is 12.2 Å². The van der Waals surface area contributed by atoms with Gasteiger partial charge in [0.05, 0.1) is 21.5 Å². The number of sulfonamides is 1. The summed E-state index contributed by atoms with van der Waals surface area (Å²) < 4.78 is 68.1. The molecule has 1 aliphatic carbocycles. The number of halogens is 6. The average Bonchev–Trinajstić information content (AvgIpc) is 3.29. The van der Waals surface area contributed by atoms with E-state index in [1.165, 1.54) is 12.1 Å². The molecule has 0 spiro atoms. The maximum Gasteiger partial charge on any atom is 0.417 e. The van der Waals surface area contributed by atoms with E-state index < -0.39 is 26.8 Å². The Hall–Kier alpha value is -2.39. The van der Waals surface area contributed by atoms with Crippen LogP contribution in [0.2, 0.25) is 15.1 Å². The Balaban J connectivity index is 1.49. The minimum absolute atomic E-state index is 0.0476. The minimum Gasteiger partial charge on any atom is -0.378 e. The molecule has 1 heterocycles. The van der Waals surface area contributed by atoms with Gasteiger partial charge in [-0.05, 0) is 66.4 Å². The van der Waals surface area contributed by atoms with Crippen molar-refractivity contribution in [2.45, 2.75) is 29.5 Å². The highest BCUT2D eigenvalue weighted by molar-refractivity contribution is 7.92. The fourth-order valence-corrected chi connectivity index (χ4v) is 6.79. The molecule has 188 valence electrons. The van der Waals surface area contributed by atoms with Crippen molar-refractivity contribution in [3.63, 3.8) is 0 Å². The third-order valence-electron chi connectivity index (χ3n) is 6.48. The number of rotatable bonds is 4. The summed E-state index contributed by atoms with van der Waals surface area (Å²) in [5.41, 5.74) is 0.917. The van der Waals surface area contributed by atoms with Crippen LogP contribution in [0.25, 0.3) is 0 Å². The van der Waals surface area contributed by atoms with Crippen molar-refractivity contribution >= 4 is 56.2 Å². The molecule has 0 amide bonds. The molecule has 2 aliphatic rings. The second-order valence-corrected chi connectivity index (χ2v) is 11.6. The molecule has 0 radical (unpaired) electrons. The van der Waals surface area contributed by atoms with Gasteiger partial charge < -0.3 is 5.32 Å². The SMILES string of the molecule is O=S(=O)(Nc1ccc(Cl)c(C(F)(F)F)c1)c1ccc2c(c1)[C@H]1C=CC[C@H]1[C@@H](c1c(Cl)cccc1Cl)N2. The highest BCUT2D eigenvalue weighted by atomic mass is 35.5. The third kappa shape index (κ3) is 4.56. The van der Waals surface area contributed by atoms with E-state index in [0.717, 1.165) is 29.3 Å². The van der Waals surface area contributed by atoms with Gasteiger partial charge in [-0.2, -0.15) is 13.2 Å². The van der Waals surface area contributed by atoms with Gasteiger partial charge in [0.2, 0.25) is 0 Å². The predicted molar refractivity (Wildman–Crippen MR) is 137 cm³/mol. The van der Waals surface area contributed by atoms with Crippen LogP contribution in [0, 0.1) is 5.92 Å². The number of benzene rings is 3. The topological polar surface area (TPSA) is 58.2 Å². The Labute approximate surface area is 221 Å². The van der Waals surface area contributed by atoms with Gasteiger partial charge in [-0.25, -0.2) is 8.42 Å². The third-order valence-corrected chi connectivity index (χ3v) is 8.85. The zero-order valence-corrected chi connectivity index (χ0v) is 21.4. The standard InChI is InChI=1S/C25H18Cl3F3N2O2S/c26-19-9-7-13(11-18(19)25(29,30)31)33-36(34,35)14-8-10-22-17(12-14)15-3-1-4-16(15)24(32-22)23-20(27)5-2-6-21(23)28/h1-3,5-12,15-16,24,32-33H,4H2/t15-,16+,24-/m0/s1. The number of hydrogen-bond acceptors (Lipinski definition) is 3. The summed E-state index contributed by atoms with van der Waals surface area (Å²) in [6, 6.07) is 12.6. The van der Waals surface area contributed by atoms with Crippen LogP contribution < -0.4 is 10.0 Å². The van der Waals surface area contributed by atoms with E-state index in [0.29, 0.717) is 16.1 Å². The highest BCUT2D eigenvalue weighted by Crippen LogP contribution is 2.52. The van der Waals surface area contributed by atoms with Gasteiger partial charge in [0, 0.05) is 32.9 Å². The average molecular weight is 574 g/mol. The van der Waals surface area contributed by atoms with Crippen LogP contribution in [-0.4, -0.2) is 8.42 Å². The Morgan fingerprint density at radius 3 is 2.36 bits per heavy atom. The van der Waals surface area contributed by atoms with E-state index in [1.54, 1.807) is 30.3 Å². The molecule has 3 atom stereocenters. The van der Waals surface area contributed by atoms with Gasteiger partial charge in [0.25, 0.3) is 10.0 Å². The van der Waals surface area contributed by atoms with E-state index in [2.05, 4.69) is 10.0 Å². The van der Waals surface area contributed by atoms with Crippen molar-refractivity contribution in [1.82, 2.24) is 0 Å². The Morgan fingerprint density at radius 2 is 1.67 bits per heavy atom. The molecule has 1 aliphatic heterocycles. The van der Waals surface area contributed by atoms with Gasteiger partial charge in [0.15, 0.2) is 0 Å². The van der Waals surface area contributed by atoms with Gasteiger partial charge >= 0.3 is 6.18 Å². The van der Waals surface area contributed by atoms with Crippen molar-refractivity contribution in [3.8, 4) is 0 Å². The molecule has 5 rings (SSSR count). The van der Waals surface area contributed by atoms with E-state index in [9.17, 15) is 21.6 Å². The Kier molecular flexibility index (Phi) is 6.44. The molecule has 4 nitrogen and oxygen atoms in total. The number of allylic oxidation sites excluding steroid dienone is 2. The fourth-order valence-electron chi connectivity index (χ4n) is 4.85.